The molecule has 532 valence electrons. The molecule has 2 N–H and O–H groups in total. The van der Waals surface area contributed by atoms with Crippen molar-refractivity contribution in [1.29, 1.82) is 0 Å². The van der Waals surface area contributed by atoms with Crippen LogP contribution in [0.25, 0.3) is 22.7 Å². The van der Waals surface area contributed by atoms with Gasteiger partial charge in [0.15, 0.2) is 11.4 Å². The van der Waals surface area contributed by atoms with Gasteiger partial charge in [-0.05, 0) is 134 Å². The van der Waals surface area contributed by atoms with Crippen LogP contribution >= 0.6 is 50.8 Å². The van der Waals surface area contributed by atoms with E-state index >= 15 is 0 Å². The van der Waals surface area contributed by atoms with Crippen molar-refractivity contribution in [2.45, 2.75) is 52.3 Å². The van der Waals surface area contributed by atoms with Crippen LogP contribution in [0.3, 0.4) is 0 Å². The molecule has 6 aromatic heterocycles. The van der Waals surface area contributed by atoms with Crippen LogP contribution in [-0.4, -0.2) is 90.9 Å². The summed E-state index contributed by atoms with van der Waals surface area (Å²) in [5, 5.41) is 35.5. The maximum atomic E-state index is 12.6. The molecular formula is C82H74BBrCl2N10O6P2Pd. The van der Waals surface area contributed by atoms with Crippen molar-refractivity contribution in [3.05, 3.63) is 354 Å². The van der Waals surface area contributed by atoms with E-state index in [4.69, 9.17) is 43.7 Å². The van der Waals surface area contributed by atoms with Gasteiger partial charge < -0.3 is 19.5 Å². The summed E-state index contributed by atoms with van der Waals surface area (Å²) in [4.78, 5) is 41.5. The number of aromatic nitrogens is 10. The second kappa shape index (κ2) is 38.4. The van der Waals surface area contributed by atoms with E-state index in [0.717, 1.165) is 73.3 Å². The number of pyridine rings is 2. The van der Waals surface area contributed by atoms with Gasteiger partial charge in [-0.2, -0.15) is 10.2 Å². The normalized spacial score (nSPS) is 11.1. The summed E-state index contributed by atoms with van der Waals surface area (Å²) in [6, 6.07) is 84.3. The molecule has 8 heterocycles. The number of halogens is 3. The zero-order valence-corrected chi connectivity index (χ0v) is 64.3. The van der Waals surface area contributed by atoms with Crippen molar-refractivity contribution in [3.63, 3.8) is 0 Å². The first-order chi connectivity index (χ1) is 51.4. The van der Waals surface area contributed by atoms with Gasteiger partial charge in [-0.3, -0.25) is 19.1 Å². The summed E-state index contributed by atoms with van der Waals surface area (Å²) in [7, 11) is 7.33. The van der Waals surface area contributed by atoms with Gasteiger partial charge in [0.1, 0.15) is 12.7 Å². The zero-order chi connectivity index (χ0) is 73.4. The first kappa shape index (κ1) is 76.5. The first-order valence-corrected chi connectivity index (χ1v) is 41.5. The van der Waals surface area contributed by atoms with Crippen LogP contribution in [0.2, 0.25) is 0 Å². The van der Waals surface area contributed by atoms with Crippen LogP contribution in [0.1, 0.15) is 85.4 Å². The third-order valence-electron chi connectivity index (χ3n) is 16.8. The van der Waals surface area contributed by atoms with Crippen molar-refractivity contribution in [3.8, 4) is 22.7 Å². The standard InChI is InChI=1S/C23H21N5O2.C18H17BrN4O2.2C18H15P.C5H6BNO2.2ClH.Pd/c1-3-30-23(29)22-21-11-19-17(10-16-5-4-8-24-12-16)13-26-28(19)20-9-15(2)6-7-18(20)27(21)14-25-22;1-3-25-18(24)17-16-7-14-12(8-19)9-21-23(14)15-6-11(2)4-5-13(15)22(16)10-20-17;2*1-4-10-16(11-5-1)19(17-12-6-2-7-13-17)18-14-8-3-9-15-18;8-6(9)5-2-1-3-7-4-5;;;/h4-9,12-14H,3,10-11H2,1-2H3;4-6,9-10H,3,7-8H2,1-2H3;2*1-15H;1-4,8-9H;2*1H;/q;;;;;;;+2/p-2. The van der Waals surface area contributed by atoms with Gasteiger partial charge in [0, 0.05) is 60.4 Å². The molecule has 14 aromatic rings. The molecule has 105 heavy (non-hydrogen) atoms. The van der Waals surface area contributed by atoms with Crippen LogP contribution in [0, 0.1) is 13.8 Å². The number of esters is 2. The number of imidazole rings is 2. The van der Waals surface area contributed by atoms with E-state index in [0.29, 0.717) is 54.7 Å². The third-order valence-corrected chi connectivity index (χ3v) is 22.3. The average molecular weight is 1630 g/mol. The summed E-state index contributed by atoms with van der Waals surface area (Å²) in [5.41, 5.74) is 14.3. The fraction of sp³-hybridized carbons (Fsp3) is 0.122. The number of ether oxygens (including phenoxy) is 2. The van der Waals surface area contributed by atoms with Crippen LogP contribution in [0.15, 0.2) is 292 Å². The molecular weight excluding hydrogens is 1550 g/mol. The largest absolute Gasteiger partial charge is 0.0622 e. The Morgan fingerprint density at radius 3 is 1.16 bits per heavy atom. The van der Waals surface area contributed by atoms with E-state index in [9.17, 15) is 9.59 Å². The van der Waals surface area contributed by atoms with Crippen molar-refractivity contribution in [2.24, 2.45) is 0 Å². The number of carbonyl (C=O) groups is 2. The molecule has 2 aliphatic heterocycles. The van der Waals surface area contributed by atoms with E-state index in [-0.39, 0.29) is 15.9 Å². The maximum absolute atomic E-state index is 12.6. The molecule has 0 amide bonds. The van der Waals surface area contributed by atoms with Crippen molar-refractivity contribution >= 4 is 107 Å². The van der Waals surface area contributed by atoms with Crippen LogP contribution in [0.5, 0.6) is 0 Å². The topological polar surface area (TPSA) is 190 Å². The van der Waals surface area contributed by atoms with Crippen LogP contribution in [-0.2, 0) is 50.0 Å². The Labute approximate surface area is 638 Å². The Balaban J connectivity index is 0.000000135. The van der Waals surface area contributed by atoms with Gasteiger partial charge in [-0.25, -0.2) is 28.9 Å². The van der Waals surface area contributed by atoms with E-state index in [1.807, 2.05) is 61.4 Å². The molecule has 0 bridgehead atoms. The Hall–Kier alpha value is -9.59. The number of hydrogen-bond donors (Lipinski definition) is 2. The molecule has 0 spiro atoms. The van der Waals surface area contributed by atoms with Gasteiger partial charge in [0.05, 0.1) is 71.1 Å². The Morgan fingerprint density at radius 2 is 0.838 bits per heavy atom. The average Bonchev–Trinajstić information content (AvgIpc) is 1.60. The molecule has 16 nitrogen and oxygen atoms in total. The quantitative estimate of drug-likeness (QED) is 0.0454. The molecule has 16 rings (SSSR count). The predicted molar refractivity (Wildman–Crippen MR) is 424 cm³/mol. The van der Waals surface area contributed by atoms with Crippen LogP contribution < -0.4 is 37.3 Å². The summed E-state index contributed by atoms with van der Waals surface area (Å²) >= 11 is 3.43. The number of carbonyl (C=O) groups excluding carboxylic acids is 2. The minimum atomic E-state index is -1.40. The van der Waals surface area contributed by atoms with Gasteiger partial charge in [0.25, 0.3) is 0 Å². The number of nitrogens with zero attached hydrogens (tertiary/aromatic N) is 10. The smallest absolute Gasteiger partial charge is 0.0134 e. The van der Waals surface area contributed by atoms with Crippen molar-refractivity contribution in [1.82, 2.24) is 48.6 Å². The Kier molecular flexibility index (Phi) is 28.0. The minimum absolute atomic E-state index is 0.106. The monoisotopic (exact) mass is 1620 g/mol. The number of fused-ring (bicyclic) bond motifs is 10. The fourth-order valence-corrected chi connectivity index (χ4v) is 17.1. The molecule has 23 heteroatoms. The second-order valence-electron chi connectivity index (χ2n) is 23.7. The van der Waals surface area contributed by atoms with E-state index in [1.54, 1.807) is 51.0 Å². The SMILES string of the molecule is CCOC(=O)c1ncn2c1Cc1c(CBr)cnn1-c1cc(C)ccc1-2.CCOC(=O)c1ncn2c1Cc1c(Cc3cccnc3)cnn1-c1cc(C)ccc1-2.OB(O)c1cccnc1.[Cl][Pd][Cl].c1ccc(P(c2ccccc2)c2ccccc2)cc1.c1ccc(P(c2ccccc2)c2ccccc2)cc1. The number of aryl methyl sites for hydroxylation is 2. The molecule has 8 aromatic carbocycles. The molecule has 0 saturated heterocycles. The number of alkyl halides is 1. The first-order valence-electron chi connectivity index (χ1n) is 33.7. The van der Waals surface area contributed by atoms with E-state index in [1.165, 1.54) is 38.0 Å². The molecule has 0 radical (unpaired) electrons. The number of rotatable bonds is 14. The summed E-state index contributed by atoms with van der Waals surface area (Å²) in [6.45, 7) is 8.34. The van der Waals surface area contributed by atoms with Crippen molar-refractivity contribution < 1.29 is 45.1 Å². The predicted octanol–water partition coefficient (Wildman–Crippen LogP) is 13.8. The minimum Gasteiger partial charge on any atom is -0.0622 e. The third kappa shape index (κ3) is 19.3. The Morgan fingerprint density at radius 1 is 0.476 bits per heavy atom. The molecule has 0 fully saturated rings. The molecule has 2 aliphatic rings. The number of hydrogen-bond acceptors (Lipinski definition) is 12. The maximum Gasteiger partial charge on any atom is -0.0134 e. The van der Waals surface area contributed by atoms with Crippen LogP contribution in [0.4, 0.5) is 0 Å². The fourth-order valence-electron chi connectivity index (χ4n) is 12.0. The zero-order valence-electron chi connectivity index (χ0n) is 57.9. The van der Waals surface area contributed by atoms with Crippen molar-refractivity contribution in [2.75, 3.05) is 13.2 Å². The molecule has 0 saturated carbocycles. The van der Waals surface area contributed by atoms with Gasteiger partial charge in [-0.15, -0.1) is 0 Å². The van der Waals surface area contributed by atoms with E-state index in [2.05, 4.69) is 261 Å². The summed E-state index contributed by atoms with van der Waals surface area (Å²) < 4.78 is 18.3. The molecule has 0 unspecified atom stereocenters. The van der Waals surface area contributed by atoms with Gasteiger partial charge in [-0.1, -0.05) is 222 Å². The number of benzene rings is 8. The summed E-state index contributed by atoms with van der Waals surface area (Å²) in [5.74, 6) is -0.792. The van der Waals surface area contributed by atoms with E-state index < -0.39 is 34.9 Å². The second-order valence-corrected chi connectivity index (χ2v) is 31.1. The summed E-state index contributed by atoms with van der Waals surface area (Å²) in [6.07, 6.45) is 15.6. The van der Waals surface area contributed by atoms with Gasteiger partial charge >= 0.3 is 54.1 Å². The molecule has 0 aliphatic carbocycles. The molecule has 0 atom stereocenters. The Bertz CT molecular complexity index is 4770. The van der Waals surface area contributed by atoms with Gasteiger partial charge in [0.2, 0.25) is 0 Å².